The largest absolute Gasteiger partial charge is 0.466 e. The van der Waals surface area contributed by atoms with Gasteiger partial charge in [0.05, 0.1) is 19.1 Å². The summed E-state index contributed by atoms with van der Waals surface area (Å²) in [5.41, 5.74) is 1.20. The summed E-state index contributed by atoms with van der Waals surface area (Å²) in [5.74, 6) is -0.214. The second-order valence-electron chi connectivity index (χ2n) is 4.70. The molecule has 4 nitrogen and oxygen atoms in total. The van der Waals surface area contributed by atoms with Crippen LogP contribution < -0.4 is 5.32 Å². The molecule has 2 atom stereocenters. The summed E-state index contributed by atoms with van der Waals surface area (Å²) >= 11 is 0. The number of rotatable bonds is 5. The molecule has 1 aromatic rings. The number of benzene rings is 1. The van der Waals surface area contributed by atoms with E-state index in [-0.39, 0.29) is 17.9 Å². The zero-order chi connectivity index (χ0) is 13.5. The lowest BCUT2D eigenvalue weighted by Gasteiger charge is -2.30. The van der Waals surface area contributed by atoms with Gasteiger partial charge in [0.15, 0.2) is 0 Å². The van der Waals surface area contributed by atoms with E-state index < -0.39 is 0 Å². The lowest BCUT2D eigenvalue weighted by atomic mass is 9.94. The highest BCUT2D eigenvalue weighted by atomic mass is 16.5. The Hall–Kier alpha value is -1.39. The van der Waals surface area contributed by atoms with Crippen LogP contribution in [0.5, 0.6) is 0 Å². The second kappa shape index (κ2) is 7.26. The van der Waals surface area contributed by atoms with Gasteiger partial charge in [-0.15, -0.1) is 0 Å². The van der Waals surface area contributed by atoms with Crippen molar-refractivity contribution in [3.8, 4) is 0 Å². The van der Waals surface area contributed by atoms with Crippen molar-refractivity contribution in [3.63, 3.8) is 0 Å². The molecule has 0 amide bonds. The molecule has 4 heteroatoms. The highest BCUT2D eigenvalue weighted by molar-refractivity contribution is 5.73. The van der Waals surface area contributed by atoms with E-state index in [9.17, 15) is 4.79 Å². The van der Waals surface area contributed by atoms with Gasteiger partial charge in [0.1, 0.15) is 0 Å². The van der Waals surface area contributed by atoms with E-state index in [1.54, 1.807) is 0 Å². The van der Waals surface area contributed by atoms with Crippen molar-refractivity contribution in [1.82, 2.24) is 5.32 Å². The second-order valence-corrected chi connectivity index (χ2v) is 4.70. The molecule has 19 heavy (non-hydrogen) atoms. The first-order valence-corrected chi connectivity index (χ1v) is 6.83. The molecule has 1 saturated heterocycles. The van der Waals surface area contributed by atoms with Crippen LogP contribution in [0.2, 0.25) is 0 Å². The molecule has 2 rings (SSSR count). The van der Waals surface area contributed by atoms with Crippen LogP contribution in [0.4, 0.5) is 0 Å². The van der Waals surface area contributed by atoms with Crippen molar-refractivity contribution in [2.75, 3.05) is 19.8 Å². The minimum Gasteiger partial charge on any atom is -0.466 e. The third-order valence-corrected chi connectivity index (χ3v) is 3.36. The molecular formula is C15H21NO3. The van der Waals surface area contributed by atoms with Crippen LogP contribution in [0.1, 0.15) is 18.9 Å². The Morgan fingerprint density at radius 3 is 2.95 bits per heavy atom. The predicted molar refractivity (Wildman–Crippen MR) is 72.6 cm³/mol. The maximum absolute atomic E-state index is 11.9. The number of carbonyl (C=O) groups is 1. The standard InChI is InChI=1S/C15H21NO3/c1-2-19-15(17)13-8-9-18-11-14(13)16-10-12-6-4-3-5-7-12/h3-7,13-14,16H,2,8-11H2,1H3/t13-,14+/m0/s1. The fourth-order valence-corrected chi connectivity index (χ4v) is 2.32. The molecule has 0 aliphatic carbocycles. The fourth-order valence-electron chi connectivity index (χ4n) is 2.32. The van der Waals surface area contributed by atoms with E-state index in [4.69, 9.17) is 9.47 Å². The van der Waals surface area contributed by atoms with Crippen LogP contribution >= 0.6 is 0 Å². The first-order chi connectivity index (χ1) is 9.31. The molecule has 0 aromatic heterocycles. The Morgan fingerprint density at radius 1 is 1.42 bits per heavy atom. The van der Waals surface area contributed by atoms with Gasteiger partial charge in [-0.25, -0.2) is 0 Å². The van der Waals surface area contributed by atoms with Crippen molar-refractivity contribution in [1.29, 1.82) is 0 Å². The Kier molecular flexibility index (Phi) is 5.36. The molecule has 1 heterocycles. The predicted octanol–water partition coefficient (Wildman–Crippen LogP) is 1.74. The van der Waals surface area contributed by atoms with E-state index in [0.717, 1.165) is 13.0 Å². The zero-order valence-electron chi connectivity index (χ0n) is 11.3. The number of carbonyl (C=O) groups excluding carboxylic acids is 1. The van der Waals surface area contributed by atoms with E-state index in [1.165, 1.54) is 5.56 Å². The molecule has 1 aromatic carbocycles. The molecule has 0 unspecified atom stereocenters. The third kappa shape index (κ3) is 4.04. The van der Waals surface area contributed by atoms with Gasteiger partial charge in [-0.2, -0.15) is 0 Å². The Labute approximate surface area is 114 Å². The number of hydrogen-bond acceptors (Lipinski definition) is 4. The summed E-state index contributed by atoms with van der Waals surface area (Å²) in [6.45, 7) is 4.21. The van der Waals surface area contributed by atoms with Crippen LogP contribution in [0.15, 0.2) is 30.3 Å². The van der Waals surface area contributed by atoms with Gasteiger partial charge in [-0.1, -0.05) is 30.3 Å². The minimum absolute atomic E-state index is 0.0352. The Morgan fingerprint density at radius 2 is 2.21 bits per heavy atom. The summed E-state index contributed by atoms with van der Waals surface area (Å²) in [7, 11) is 0. The van der Waals surface area contributed by atoms with Gasteiger partial charge in [-0.3, -0.25) is 4.79 Å². The van der Waals surface area contributed by atoms with Gasteiger partial charge >= 0.3 is 5.97 Å². The summed E-state index contributed by atoms with van der Waals surface area (Å²) in [5, 5.41) is 3.40. The summed E-state index contributed by atoms with van der Waals surface area (Å²) < 4.78 is 10.6. The van der Waals surface area contributed by atoms with Crippen LogP contribution in [-0.4, -0.2) is 31.8 Å². The SMILES string of the molecule is CCOC(=O)[C@H]1CCOC[C@H]1NCc1ccccc1. The first-order valence-electron chi connectivity index (χ1n) is 6.83. The van der Waals surface area contributed by atoms with Crippen molar-refractivity contribution in [3.05, 3.63) is 35.9 Å². The smallest absolute Gasteiger partial charge is 0.310 e. The van der Waals surface area contributed by atoms with E-state index in [2.05, 4.69) is 17.4 Å². The zero-order valence-corrected chi connectivity index (χ0v) is 11.3. The lowest BCUT2D eigenvalue weighted by Crippen LogP contribution is -2.47. The van der Waals surface area contributed by atoms with Gasteiger partial charge in [0, 0.05) is 19.2 Å². The van der Waals surface area contributed by atoms with Crippen LogP contribution in [-0.2, 0) is 20.8 Å². The molecule has 1 N–H and O–H groups in total. The number of nitrogens with one attached hydrogen (secondary N) is 1. The molecule has 0 bridgehead atoms. The fraction of sp³-hybridized carbons (Fsp3) is 0.533. The normalized spacial score (nSPS) is 23.0. The maximum atomic E-state index is 11.9. The van der Waals surface area contributed by atoms with E-state index in [0.29, 0.717) is 19.8 Å². The Balaban J connectivity index is 1.90. The number of esters is 1. The third-order valence-electron chi connectivity index (χ3n) is 3.36. The molecule has 0 radical (unpaired) electrons. The van der Waals surface area contributed by atoms with E-state index in [1.807, 2.05) is 25.1 Å². The van der Waals surface area contributed by atoms with Crippen molar-refractivity contribution < 1.29 is 14.3 Å². The highest BCUT2D eigenvalue weighted by Gasteiger charge is 2.32. The lowest BCUT2D eigenvalue weighted by molar-refractivity contribution is -0.152. The summed E-state index contributed by atoms with van der Waals surface area (Å²) in [4.78, 5) is 11.9. The van der Waals surface area contributed by atoms with Gasteiger partial charge in [0.2, 0.25) is 0 Å². The van der Waals surface area contributed by atoms with Gasteiger partial charge in [-0.05, 0) is 18.9 Å². The number of hydrogen-bond donors (Lipinski definition) is 1. The molecular weight excluding hydrogens is 242 g/mol. The Bertz CT molecular complexity index is 394. The van der Waals surface area contributed by atoms with Crippen molar-refractivity contribution >= 4 is 5.97 Å². The molecule has 0 saturated carbocycles. The molecule has 1 aliphatic heterocycles. The number of ether oxygens (including phenoxy) is 2. The maximum Gasteiger partial charge on any atom is 0.310 e. The topological polar surface area (TPSA) is 47.6 Å². The monoisotopic (exact) mass is 263 g/mol. The van der Waals surface area contributed by atoms with Crippen LogP contribution in [0, 0.1) is 5.92 Å². The molecule has 1 aliphatic rings. The van der Waals surface area contributed by atoms with Crippen LogP contribution in [0.3, 0.4) is 0 Å². The van der Waals surface area contributed by atoms with Crippen molar-refractivity contribution in [2.45, 2.75) is 25.9 Å². The molecule has 104 valence electrons. The van der Waals surface area contributed by atoms with Crippen molar-refractivity contribution in [2.24, 2.45) is 5.92 Å². The summed E-state index contributed by atoms with van der Waals surface area (Å²) in [6.07, 6.45) is 0.727. The average molecular weight is 263 g/mol. The minimum atomic E-state index is -0.114. The van der Waals surface area contributed by atoms with Crippen LogP contribution in [0.25, 0.3) is 0 Å². The molecule has 1 fully saturated rings. The summed E-state index contributed by atoms with van der Waals surface area (Å²) in [6, 6.07) is 10.2. The highest BCUT2D eigenvalue weighted by Crippen LogP contribution is 2.18. The van der Waals surface area contributed by atoms with Gasteiger partial charge in [0.25, 0.3) is 0 Å². The van der Waals surface area contributed by atoms with Gasteiger partial charge < -0.3 is 14.8 Å². The van der Waals surface area contributed by atoms with E-state index >= 15 is 0 Å². The average Bonchev–Trinajstić information content (AvgIpc) is 2.47. The first kappa shape index (κ1) is 14.0. The quantitative estimate of drug-likeness (QED) is 0.822. The molecule has 0 spiro atoms.